The van der Waals surface area contributed by atoms with Crippen molar-refractivity contribution in [2.75, 3.05) is 0 Å². The number of nitrogens with zero attached hydrogens (tertiary/aromatic N) is 1. The standard InChI is InChI=1S/C13H21NO5S/c1-4-5-6-9-13(2,3)14(15)10-11-7-8-12(19-11)20(16,17)18/h7-8,10H,4-6,9H2,1-3H3,(H,16,17,18). The summed E-state index contributed by atoms with van der Waals surface area (Å²) < 4.78 is 36.2. The number of hydrogen-bond donors (Lipinski definition) is 1. The largest absolute Gasteiger partial charge is 0.623 e. The van der Waals surface area contributed by atoms with E-state index in [1.54, 1.807) is 0 Å². The summed E-state index contributed by atoms with van der Waals surface area (Å²) >= 11 is 0. The third-order valence-electron chi connectivity index (χ3n) is 3.09. The zero-order valence-electron chi connectivity index (χ0n) is 12.0. The van der Waals surface area contributed by atoms with E-state index in [2.05, 4.69) is 6.92 Å². The summed E-state index contributed by atoms with van der Waals surface area (Å²) in [7, 11) is -4.38. The summed E-state index contributed by atoms with van der Waals surface area (Å²) in [6.07, 6.45) is 5.01. The highest BCUT2D eigenvalue weighted by molar-refractivity contribution is 7.85. The Labute approximate surface area is 119 Å². The molecule has 0 bridgehead atoms. The number of hydroxylamine groups is 1. The van der Waals surface area contributed by atoms with Crippen molar-refractivity contribution in [3.05, 3.63) is 23.1 Å². The van der Waals surface area contributed by atoms with E-state index in [-0.39, 0.29) is 5.76 Å². The Morgan fingerprint density at radius 3 is 2.55 bits per heavy atom. The molecule has 20 heavy (non-hydrogen) atoms. The van der Waals surface area contributed by atoms with Gasteiger partial charge in [-0.3, -0.25) is 4.55 Å². The van der Waals surface area contributed by atoms with Gasteiger partial charge in [-0.15, -0.1) is 0 Å². The second kappa shape index (κ2) is 6.41. The summed E-state index contributed by atoms with van der Waals surface area (Å²) in [5.74, 6) is 0.0937. The zero-order chi connectivity index (χ0) is 15.4. The molecule has 1 N–H and O–H groups in total. The minimum Gasteiger partial charge on any atom is -0.623 e. The molecule has 0 aromatic carbocycles. The maximum absolute atomic E-state index is 12.1. The van der Waals surface area contributed by atoms with Gasteiger partial charge in [0.2, 0.25) is 11.3 Å². The van der Waals surface area contributed by atoms with E-state index in [1.807, 2.05) is 13.8 Å². The van der Waals surface area contributed by atoms with Crippen molar-refractivity contribution < 1.29 is 22.1 Å². The number of unbranched alkanes of at least 4 members (excludes halogenated alkanes) is 2. The number of furan rings is 1. The van der Waals surface area contributed by atoms with Crippen molar-refractivity contribution in [1.82, 2.24) is 0 Å². The fourth-order valence-electron chi connectivity index (χ4n) is 1.75. The van der Waals surface area contributed by atoms with Crippen LogP contribution in [0.1, 0.15) is 52.2 Å². The van der Waals surface area contributed by atoms with Crippen LogP contribution >= 0.6 is 0 Å². The Bertz CT molecular complexity index is 571. The fourth-order valence-corrected chi connectivity index (χ4v) is 2.19. The molecule has 0 saturated carbocycles. The van der Waals surface area contributed by atoms with E-state index < -0.39 is 20.7 Å². The summed E-state index contributed by atoms with van der Waals surface area (Å²) in [5, 5.41) is 11.5. The smallest absolute Gasteiger partial charge is 0.328 e. The Morgan fingerprint density at radius 2 is 2.05 bits per heavy atom. The van der Waals surface area contributed by atoms with Gasteiger partial charge in [0, 0.05) is 20.3 Å². The van der Waals surface area contributed by atoms with Gasteiger partial charge in [-0.1, -0.05) is 19.8 Å². The first kappa shape index (κ1) is 16.7. The summed E-state index contributed by atoms with van der Waals surface area (Å²) in [6.45, 7) is 5.73. The van der Waals surface area contributed by atoms with Crippen LogP contribution < -0.4 is 0 Å². The molecule has 0 fully saturated rings. The maximum atomic E-state index is 12.1. The van der Waals surface area contributed by atoms with Crippen molar-refractivity contribution in [3.8, 4) is 0 Å². The maximum Gasteiger partial charge on any atom is 0.328 e. The van der Waals surface area contributed by atoms with Gasteiger partial charge in [0.15, 0.2) is 11.3 Å². The van der Waals surface area contributed by atoms with Crippen LogP contribution in [0.3, 0.4) is 0 Å². The van der Waals surface area contributed by atoms with Crippen LogP contribution in [0, 0.1) is 5.21 Å². The highest BCUT2D eigenvalue weighted by Gasteiger charge is 2.26. The molecule has 114 valence electrons. The third-order valence-corrected chi connectivity index (χ3v) is 3.82. The predicted octanol–water partition coefficient (Wildman–Crippen LogP) is 2.81. The molecule has 1 aromatic heterocycles. The van der Waals surface area contributed by atoms with Crippen LogP contribution in [-0.2, 0) is 10.1 Å². The van der Waals surface area contributed by atoms with Gasteiger partial charge in [0.05, 0.1) is 0 Å². The highest BCUT2D eigenvalue weighted by Crippen LogP contribution is 2.19. The van der Waals surface area contributed by atoms with Crippen molar-refractivity contribution in [1.29, 1.82) is 0 Å². The van der Waals surface area contributed by atoms with E-state index in [1.165, 1.54) is 12.3 Å². The van der Waals surface area contributed by atoms with E-state index in [4.69, 9.17) is 8.97 Å². The Morgan fingerprint density at radius 1 is 1.40 bits per heavy atom. The molecule has 0 aliphatic heterocycles. The minimum atomic E-state index is -4.38. The van der Waals surface area contributed by atoms with Crippen molar-refractivity contribution in [2.24, 2.45) is 0 Å². The Hall–Kier alpha value is -1.34. The number of hydrogen-bond acceptors (Lipinski definition) is 4. The van der Waals surface area contributed by atoms with Crippen LogP contribution in [0.15, 0.2) is 21.6 Å². The van der Waals surface area contributed by atoms with Gasteiger partial charge in [-0.2, -0.15) is 8.42 Å². The molecule has 0 aliphatic rings. The van der Waals surface area contributed by atoms with Gasteiger partial charge in [0.1, 0.15) is 0 Å². The van der Waals surface area contributed by atoms with Crippen LogP contribution in [-0.4, -0.2) is 29.5 Å². The molecule has 0 aliphatic carbocycles. The lowest BCUT2D eigenvalue weighted by molar-refractivity contribution is -0.537. The molecule has 0 amide bonds. The molecular formula is C13H21NO5S. The van der Waals surface area contributed by atoms with E-state index in [0.717, 1.165) is 36.5 Å². The van der Waals surface area contributed by atoms with Crippen molar-refractivity contribution in [2.45, 2.75) is 57.1 Å². The first-order chi connectivity index (χ1) is 9.16. The first-order valence-corrected chi connectivity index (χ1v) is 7.99. The van der Waals surface area contributed by atoms with E-state index >= 15 is 0 Å². The van der Waals surface area contributed by atoms with Gasteiger partial charge < -0.3 is 9.62 Å². The molecule has 1 heterocycles. The molecular weight excluding hydrogens is 282 g/mol. The lowest BCUT2D eigenvalue weighted by Crippen LogP contribution is -2.33. The van der Waals surface area contributed by atoms with E-state index in [0.29, 0.717) is 0 Å². The molecule has 6 nitrogen and oxygen atoms in total. The molecule has 1 rings (SSSR count). The molecule has 0 spiro atoms. The van der Waals surface area contributed by atoms with E-state index in [9.17, 15) is 13.6 Å². The van der Waals surface area contributed by atoms with Crippen LogP contribution in [0.25, 0.3) is 0 Å². The lowest BCUT2D eigenvalue weighted by Gasteiger charge is -2.23. The Kier molecular flexibility index (Phi) is 5.35. The van der Waals surface area contributed by atoms with Gasteiger partial charge in [-0.05, 0) is 18.6 Å². The Balaban J connectivity index is 2.85. The van der Waals surface area contributed by atoms with Crippen LogP contribution in [0.2, 0.25) is 0 Å². The normalized spacial score (nSPS) is 13.7. The van der Waals surface area contributed by atoms with Crippen LogP contribution in [0.4, 0.5) is 0 Å². The lowest BCUT2D eigenvalue weighted by atomic mass is 9.97. The molecule has 1 aromatic rings. The topological polar surface area (TPSA) is 93.6 Å². The fraction of sp³-hybridized carbons (Fsp3) is 0.615. The summed E-state index contributed by atoms with van der Waals surface area (Å²) in [5.41, 5.74) is -0.597. The number of rotatable bonds is 7. The average molecular weight is 303 g/mol. The molecule has 0 saturated heterocycles. The summed E-state index contributed by atoms with van der Waals surface area (Å²) in [6, 6.07) is 2.44. The molecule has 0 radical (unpaired) electrons. The van der Waals surface area contributed by atoms with Gasteiger partial charge in [-0.25, -0.2) is 4.74 Å². The predicted molar refractivity (Wildman–Crippen MR) is 75.5 cm³/mol. The minimum absolute atomic E-state index is 0.0937. The second-order valence-electron chi connectivity index (χ2n) is 5.36. The quantitative estimate of drug-likeness (QED) is 0.209. The summed E-state index contributed by atoms with van der Waals surface area (Å²) in [4.78, 5) is 0. The highest BCUT2D eigenvalue weighted by atomic mass is 32.2. The van der Waals surface area contributed by atoms with Gasteiger partial charge in [0.25, 0.3) is 0 Å². The average Bonchev–Trinajstić information content (AvgIpc) is 2.77. The molecule has 7 heteroatoms. The van der Waals surface area contributed by atoms with Crippen molar-refractivity contribution >= 4 is 16.3 Å². The van der Waals surface area contributed by atoms with Crippen LogP contribution in [0.5, 0.6) is 0 Å². The third kappa shape index (κ3) is 4.64. The molecule has 0 unspecified atom stereocenters. The SMILES string of the molecule is CCCCCC(C)(C)[N+]([O-])=Cc1ccc(S(=O)(=O)O)o1. The first-order valence-electron chi connectivity index (χ1n) is 6.55. The van der Waals surface area contributed by atoms with Crippen molar-refractivity contribution in [3.63, 3.8) is 0 Å². The van der Waals surface area contributed by atoms with Gasteiger partial charge >= 0.3 is 10.1 Å². The monoisotopic (exact) mass is 303 g/mol. The molecule has 0 atom stereocenters. The zero-order valence-corrected chi connectivity index (χ0v) is 12.8. The second-order valence-corrected chi connectivity index (χ2v) is 6.71.